The van der Waals surface area contributed by atoms with Crippen molar-refractivity contribution in [3.63, 3.8) is 0 Å². The van der Waals surface area contributed by atoms with Gasteiger partial charge in [-0.05, 0) is 41.1 Å². The Balaban J connectivity index is 1.46. The van der Waals surface area contributed by atoms with Crippen molar-refractivity contribution in [2.24, 2.45) is 0 Å². The van der Waals surface area contributed by atoms with Crippen LogP contribution >= 0.6 is 15.9 Å². The molecule has 2 aromatic rings. The molecule has 25 heavy (non-hydrogen) atoms. The average molecular weight is 404 g/mol. The lowest BCUT2D eigenvalue weighted by atomic mass is 10.2. The van der Waals surface area contributed by atoms with Crippen molar-refractivity contribution >= 4 is 27.7 Å². The van der Waals surface area contributed by atoms with Crippen molar-refractivity contribution in [3.05, 3.63) is 52.9 Å². The summed E-state index contributed by atoms with van der Waals surface area (Å²) >= 11 is 3.34. The van der Waals surface area contributed by atoms with Crippen molar-refractivity contribution in [3.8, 4) is 0 Å². The number of nitrogens with zero attached hydrogens (tertiary/aromatic N) is 4. The maximum Gasteiger partial charge on any atom is 0.253 e. The van der Waals surface area contributed by atoms with Gasteiger partial charge in [0.2, 0.25) is 0 Å². The maximum atomic E-state index is 12.3. The molecule has 1 N–H and O–H groups in total. The van der Waals surface area contributed by atoms with Gasteiger partial charge in [-0.1, -0.05) is 6.07 Å². The van der Waals surface area contributed by atoms with Gasteiger partial charge in [0.15, 0.2) is 0 Å². The molecule has 1 saturated heterocycles. The van der Waals surface area contributed by atoms with Gasteiger partial charge in [0.1, 0.15) is 5.82 Å². The Bertz CT molecular complexity index is 704. The lowest BCUT2D eigenvalue weighted by Crippen LogP contribution is -2.51. The first-order valence-electron chi connectivity index (χ1n) is 8.41. The third-order valence-corrected chi connectivity index (χ3v) is 4.66. The minimum atomic E-state index is -0.0894. The van der Waals surface area contributed by atoms with Gasteiger partial charge in [0, 0.05) is 61.8 Å². The highest BCUT2D eigenvalue weighted by Crippen LogP contribution is 2.13. The molecule has 2 aromatic heterocycles. The zero-order chi connectivity index (χ0) is 17.6. The highest BCUT2D eigenvalue weighted by molar-refractivity contribution is 9.10. The number of amides is 1. The molecule has 0 saturated carbocycles. The molecule has 0 aliphatic carbocycles. The molecule has 0 bridgehead atoms. The fraction of sp³-hybridized carbons (Fsp3) is 0.389. The summed E-state index contributed by atoms with van der Waals surface area (Å²) in [7, 11) is 0. The lowest BCUT2D eigenvalue weighted by molar-refractivity contribution is 0.0927. The number of anilines is 1. The van der Waals surface area contributed by atoms with Crippen LogP contribution in [0.2, 0.25) is 0 Å². The summed E-state index contributed by atoms with van der Waals surface area (Å²) in [6.45, 7) is 6.71. The molecule has 0 aromatic carbocycles. The Morgan fingerprint density at radius 1 is 1.28 bits per heavy atom. The third kappa shape index (κ3) is 4.99. The zero-order valence-corrected chi connectivity index (χ0v) is 15.8. The summed E-state index contributed by atoms with van der Waals surface area (Å²) in [5.41, 5.74) is 0.571. The Morgan fingerprint density at radius 2 is 2.08 bits per heavy atom. The third-order valence-electron chi connectivity index (χ3n) is 4.22. The molecule has 1 amide bonds. The number of carbonyl (C=O) groups excluding carboxylic acids is 1. The molecule has 1 unspecified atom stereocenters. The predicted molar refractivity (Wildman–Crippen MR) is 102 cm³/mol. The minimum Gasteiger partial charge on any atom is -0.354 e. The largest absolute Gasteiger partial charge is 0.354 e. The van der Waals surface area contributed by atoms with Crippen molar-refractivity contribution < 1.29 is 4.79 Å². The van der Waals surface area contributed by atoms with Gasteiger partial charge >= 0.3 is 0 Å². The van der Waals surface area contributed by atoms with E-state index in [4.69, 9.17) is 0 Å². The van der Waals surface area contributed by atoms with Gasteiger partial charge in [0.05, 0.1) is 5.56 Å². The lowest BCUT2D eigenvalue weighted by Gasteiger charge is -2.36. The standard InChI is InChI=1S/C18H22BrN5O/c1-14(22-18(25)15-10-16(19)12-20-11-15)13-23-6-8-24(9-7-23)17-4-2-3-5-21-17/h2-5,10-12,14H,6-9,13H2,1H3,(H,22,25). The summed E-state index contributed by atoms with van der Waals surface area (Å²) in [5.74, 6) is 0.944. The van der Waals surface area contributed by atoms with Crippen molar-refractivity contribution in [2.45, 2.75) is 13.0 Å². The Morgan fingerprint density at radius 3 is 2.76 bits per heavy atom. The van der Waals surface area contributed by atoms with Crippen LogP contribution in [0.4, 0.5) is 5.82 Å². The van der Waals surface area contributed by atoms with E-state index in [0.29, 0.717) is 5.56 Å². The van der Waals surface area contributed by atoms with Crippen LogP contribution in [0, 0.1) is 0 Å². The SMILES string of the molecule is CC(CN1CCN(c2ccccn2)CC1)NC(=O)c1cncc(Br)c1. The molecule has 132 valence electrons. The number of nitrogens with one attached hydrogen (secondary N) is 1. The Kier molecular flexibility index (Phi) is 5.99. The van der Waals surface area contributed by atoms with Gasteiger partial charge in [0.25, 0.3) is 5.91 Å². The summed E-state index contributed by atoms with van der Waals surface area (Å²) in [6.07, 6.45) is 5.08. The van der Waals surface area contributed by atoms with E-state index in [0.717, 1.165) is 43.0 Å². The fourth-order valence-electron chi connectivity index (χ4n) is 2.98. The molecular weight excluding hydrogens is 382 g/mol. The van der Waals surface area contributed by atoms with Crippen LogP contribution in [0.3, 0.4) is 0 Å². The molecule has 0 spiro atoms. The molecule has 1 aliphatic rings. The number of halogens is 1. The quantitative estimate of drug-likeness (QED) is 0.828. The van der Waals surface area contributed by atoms with Crippen LogP contribution in [-0.2, 0) is 0 Å². The minimum absolute atomic E-state index is 0.0767. The number of aromatic nitrogens is 2. The number of hydrogen-bond donors (Lipinski definition) is 1. The second-order valence-electron chi connectivity index (χ2n) is 6.24. The highest BCUT2D eigenvalue weighted by Gasteiger charge is 2.20. The van der Waals surface area contributed by atoms with E-state index in [9.17, 15) is 4.79 Å². The summed E-state index contributed by atoms with van der Waals surface area (Å²) in [4.78, 5) is 25.4. The monoisotopic (exact) mass is 403 g/mol. The first-order valence-corrected chi connectivity index (χ1v) is 9.21. The molecule has 6 nitrogen and oxygen atoms in total. The van der Waals surface area contributed by atoms with E-state index < -0.39 is 0 Å². The van der Waals surface area contributed by atoms with Crippen molar-refractivity contribution in [1.29, 1.82) is 0 Å². The van der Waals surface area contributed by atoms with E-state index in [-0.39, 0.29) is 11.9 Å². The number of piperazine rings is 1. The molecular formula is C18H22BrN5O. The molecule has 0 radical (unpaired) electrons. The van der Waals surface area contributed by atoms with Crippen LogP contribution < -0.4 is 10.2 Å². The van der Waals surface area contributed by atoms with Crippen LogP contribution in [-0.4, -0.2) is 59.5 Å². The molecule has 3 rings (SSSR count). The highest BCUT2D eigenvalue weighted by atomic mass is 79.9. The predicted octanol–water partition coefficient (Wildman–Crippen LogP) is 2.18. The molecule has 1 atom stereocenters. The first-order chi connectivity index (χ1) is 12.1. The van der Waals surface area contributed by atoms with Crippen molar-refractivity contribution in [1.82, 2.24) is 20.2 Å². The van der Waals surface area contributed by atoms with E-state index >= 15 is 0 Å². The zero-order valence-electron chi connectivity index (χ0n) is 14.2. The van der Waals surface area contributed by atoms with E-state index in [2.05, 4.69) is 41.0 Å². The van der Waals surface area contributed by atoms with Gasteiger partial charge in [-0.2, -0.15) is 0 Å². The van der Waals surface area contributed by atoms with Gasteiger partial charge in [-0.15, -0.1) is 0 Å². The fourth-order valence-corrected chi connectivity index (χ4v) is 3.34. The molecule has 7 heteroatoms. The maximum absolute atomic E-state index is 12.3. The second kappa shape index (κ2) is 8.40. The Hall–Kier alpha value is -1.99. The molecule has 1 fully saturated rings. The number of rotatable bonds is 5. The summed E-state index contributed by atoms with van der Waals surface area (Å²) in [6, 6.07) is 7.85. The Labute approximate surface area is 156 Å². The van der Waals surface area contributed by atoms with Crippen LogP contribution in [0.15, 0.2) is 47.3 Å². The van der Waals surface area contributed by atoms with Crippen LogP contribution in [0.1, 0.15) is 17.3 Å². The number of carbonyl (C=O) groups is 1. The first kappa shape index (κ1) is 17.8. The summed E-state index contributed by atoms with van der Waals surface area (Å²) in [5, 5.41) is 3.05. The van der Waals surface area contributed by atoms with Crippen LogP contribution in [0.25, 0.3) is 0 Å². The van der Waals surface area contributed by atoms with E-state index in [1.807, 2.05) is 31.3 Å². The normalized spacial score (nSPS) is 16.5. The molecule has 3 heterocycles. The molecule has 1 aliphatic heterocycles. The smallest absolute Gasteiger partial charge is 0.253 e. The van der Waals surface area contributed by atoms with E-state index in [1.165, 1.54) is 0 Å². The number of hydrogen-bond acceptors (Lipinski definition) is 5. The van der Waals surface area contributed by atoms with Crippen molar-refractivity contribution in [2.75, 3.05) is 37.6 Å². The van der Waals surface area contributed by atoms with Gasteiger partial charge in [-0.25, -0.2) is 4.98 Å². The topological polar surface area (TPSA) is 61.4 Å². The van der Waals surface area contributed by atoms with E-state index in [1.54, 1.807) is 18.5 Å². The number of pyridine rings is 2. The van der Waals surface area contributed by atoms with Crippen LogP contribution in [0.5, 0.6) is 0 Å². The van der Waals surface area contributed by atoms with Gasteiger partial charge < -0.3 is 10.2 Å². The second-order valence-corrected chi connectivity index (χ2v) is 7.16. The van der Waals surface area contributed by atoms with Gasteiger partial charge in [-0.3, -0.25) is 14.7 Å². The average Bonchev–Trinajstić information content (AvgIpc) is 2.63. The summed E-state index contributed by atoms with van der Waals surface area (Å²) < 4.78 is 0.804.